The zero-order valence-corrected chi connectivity index (χ0v) is 10.6. The van der Waals surface area contributed by atoms with E-state index in [4.69, 9.17) is 4.74 Å². The van der Waals surface area contributed by atoms with Gasteiger partial charge in [0, 0.05) is 29.5 Å². The third kappa shape index (κ3) is 2.14. The largest absolute Gasteiger partial charge is 0.373 e. The number of hydrogen-bond acceptors (Lipinski definition) is 3. The maximum absolute atomic E-state index is 5.81. The van der Waals surface area contributed by atoms with Crippen molar-refractivity contribution in [1.29, 1.82) is 0 Å². The van der Waals surface area contributed by atoms with Crippen molar-refractivity contribution >= 4 is 15.9 Å². The summed E-state index contributed by atoms with van der Waals surface area (Å²) < 4.78 is 6.85. The van der Waals surface area contributed by atoms with Crippen LogP contribution in [0.15, 0.2) is 22.9 Å². The Labute approximate surface area is 104 Å². The lowest BCUT2D eigenvalue weighted by Gasteiger charge is -2.19. The van der Waals surface area contributed by atoms with Crippen molar-refractivity contribution in [2.75, 3.05) is 0 Å². The number of ether oxygens (including phenoxy) is 1. The summed E-state index contributed by atoms with van der Waals surface area (Å²) in [5, 5.41) is 3.57. The van der Waals surface area contributed by atoms with Gasteiger partial charge in [0.15, 0.2) is 0 Å². The van der Waals surface area contributed by atoms with Crippen molar-refractivity contribution < 1.29 is 4.74 Å². The first-order chi connectivity index (χ1) is 7.81. The molecule has 0 spiro atoms. The van der Waals surface area contributed by atoms with Crippen molar-refractivity contribution in [3.8, 4) is 0 Å². The third-order valence-electron chi connectivity index (χ3n) is 3.44. The van der Waals surface area contributed by atoms with Gasteiger partial charge in [-0.2, -0.15) is 0 Å². The highest BCUT2D eigenvalue weighted by atomic mass is 79.9. The van der Waals surface area contributed by atoms with Crippen molar-refractivity contribution in [2.24, 2.45) is 0 Å². The van der Waals surface area contributed by atoms with Gasteiger partial charge in [0.25, 0.3) is 0 Å². The van der Waals surface area contributed by atoms with Crippen LogP contribution in [-0.2, 0) is 11.3 Å². The standard InChI is InChI=1S/C12H15BrN2O/c13-9-3-8(5-14-7-9)6-15-11-4-10-1-2-12(11)16-10/h3,5,7,10-12,15H,1-2,4,6H2. The number of hydrogen-bond donors (Lipinski definition) is 1. The molecule has 2 saturated heterocycles. The predicted octanol–water partition coefficient (Wildman–Crippen LogP) is 2.25. The first-order valence-electron chi connectivity index (χ1n) is 5.79. The molecule has 4 heteroatoms. The molecule has 1 N–H and O–H groups in total. The van der Waals surface area contributed by atoms with Gasteiger partial charge in [-0.1, -0.05) is 0 Å². The van der Waals surface area contributed by atoms with Crippen molar-refractivity contribution in [2.45, 2.75) is 44.1 Å². The maximum Gasteiger partial charge on any atom is 0.0733 e. The summed E-state index contributed by atoms with van der Waals surface area (Å²) in [5.74, 6) is 0. The fraction of sp³-hybridized carbons (Fsp3) is 0.583. The van der Waals surface area contributed by atoms with E-state index < -0.39 is 0 Å². The van der Waals surface area contributed by atoms with E-state index >= 15 is 0 Å². The highest BCUT2D eigenvalue weighted by Gasteiger charge is 2.40. The summed E-state index contributed by atoms with van der Waals surface area (Å²) in [4.78, 5) is 4.16. The topological polar surface area (TPSA) is 34.2 Å². The van der Waals surface area contributed by atoms with E-state index in [1.54, 1.807) is 0 Å². The van der Waals surface area contributed by atoms with Gasteiger partial charge in [-0.25, -0.2) is 0 Å². The van der Waals surface area contributed by atoms with Gasteiger partial charge in [0.05, 0.1) is 12.2 Å². The minimum absolute atomic E-state index is 0.449. The minimum atomic E-state index is 0.449. The molecule has 1 aromatic heterocycles. The van der Waals surface area contributed by atoms with Crippen LogP contribution >= 0.6 is 15.9 Å². The highest BCUT2D eigenvalue weighted by molar-refractivity contribution is 9.10. The number of halogens is 1. The summed E-state index contributed by atoms with van der Waals surface area (Å²) in [6.07, 6.45) is 8.33. The highest BCUT2D eigenvalue weighted by Crippen LogP contribution is 2.34. The molecule has 2 bridgehead atoms. The van der Waals surface area contributed by atoms with Crippen molar-refractivity contribution in [1.82, 2.24) is 10.3 Å². The van der Waals surface area contributed by atoms with Crippen LogP contribution in [0.4, 0.5) is 0 Å². The molecule has 2 aliphatic heterocycles. The summed E-state index contributed by atoms with van der Waals surface area (Å²) in [6, 6.07) is 2.64. The van der Waals surface area contributed by atoms with Gasteiger partial charge in [-0.15, -0.1) is 0 Å². The molecule has 0 saturated carbocycles. The molecule has 1 aromatic rings. The van der Waals surface area contributed by atoms with E-state index in [1.165, 1.54) is 24.8 Å². The molecule has 2 fully saturated rings. The Bertz CT molecular complexity index is 385. The fourth-order valence-electron chi connectivity index (χ4n) is 2.65. The molecule has 0 radical (unpaired) electrons. The maximum atomic E-state index is 5.81. The molecule has 3 heterocycles. The normalized spacial score (nSPS) is 32.2. The molecule has 2 aliphatic rings. The fourth-order valence-corrected chi connectivity index (χ4v) is 3.07. The van der Waals surface area contributed by atoms with Gasteiger partial charge in [-0.3, -0.25) is 4.98 Å². The predicted molar refractivity (Wildman–Crippen MR) is 65.1 cm³/mol. The molecule has 0 aliphatic carbocycles. The Morgan fingerprint density at radius 2 is 2.38 bits per heavy atom. The SMILES string of the molecule is Brc1cncc(CNC2CC3CCC2O3)c1. The molecule has 3 unspecified atom stereocenters. The number of rotatable bonds is 3. The summed E-state index contributed by atoms with van der Waals surface area (Å²) in [7, 11) is 0. The molecule has 0 amide bonds. The van der Waals surface area contributed by atoms with Crippen LogP contribution in [0.5, 0.6) is 0 Å². The van der Waals surface area contributed by atoms with Gasteiger partial charge in [0.1, 0.15) is 0 Å². The second kappa shape index (κ2) is 4.43. The van der Waals surface area contributed by atoms with Crippen LogP contribution in [0, 0.1) is 0 Å². The average molecular weight is 283 g/mol. The van der Waals surface area contributed by atoms with Gasteiger partial charge >= 0.3 is 0 Å². The Balaban J connectivity index is 1.57. The molecule has 3 atom stereocenters. The molecule has 3 rings (SSSR count). The number of nitrogens with zero attached hydrogens (tertiary/aromatic N) is 1. The molecular weight excluding hydrogens is 268 g/mol. The van der Waals surface area contributed by atoms with E-state index in [2.05, 4.69) is 32.3 Å². The van der Waals surface area contributed by atoms with Crippen LogP contribution < -0.4 is 5.32 Å². The second-order valence-corrected chi connectivity index (χ2v) is 5.52. The number of fused-ring (bicyclic) bond motifs is 2. The van der Waals surface area contributed by atoms with Crippen LogP contribution in [0.25, 0.3) is 0 Å². The van der Waals surface area contributed by atoms with Gasteiger partial charge in [-0.05, 0) is 46.8 Å². The van der Waals surface area contributed by atoms with E-state index in [0.717, 1.165) is 11.0 Å². The first kappa shape index (κ1) is 10.7. The summed E-state index contributed by atoms with van der Waals surface area (Å²) >= 11 is 3.43. The Morgan fingerprint density at radius 3 is 3.06 bits per heavy atom. The monoisotopic (exact) mass is 282 g/mol. The molecular formula is C12H15BrN2O. The van der Waals surface area contributed by atoms with Gasteiger partial charge in [0.2, 0.25) is 0 Å². The lowest BCUT2D eigenvalue weighted by molar-refractivity contribution is 0.0973. The van der Waals surface area contributed by atoms with Crippen molar-refractivity contribution in [3.05, 3.63) is 28.5 Å². The Hall–Kier alpha value is -0.450. The average Bonchev–Trinajstić information content (AvgIpc) is 2.88. The van der Waals surface area contributed by atoms with E-state index in [1.807, 2.05) is 12.4 Å². The van der Waals surface area contributed by atoms with Gasteiger partial charge < -0.3 is 10.1 Å². The van der Waals surface area contributed by atoms with E-state index in [9.17, 15) is 0 Å². The zero-order chi connectivity index (χ0) is 11.0. The number of aromatic nitrogens is 1. The third-order valence-corrected chi connectivity index (χ3v) is 3.87. The quantitative estimate of drug-likeness (QED) is 0.924. The molecule has 3 nitrogen and oxygen atoms in total. The van der Waals surface area contributed by atoms with E-state index in [0.29, 0.717) is 18.2 Å². The lowest BCUT2D eigenvalue weighted by Crippen LogP contribution is -2.36. The minimum Gasteiger partial charge on any atom is -0.373 e. The van der Waals surface area contributed by atoms with E-state index in [-0.39, 0.29) is 0 Å². The summed E-state index contributed by atoms with van der Waals surface area (Å²) in [6.45, 7) is 0.879. The van der Waals surface area contributed by atoms with Crippen LogP contribution in [-0.4, -0.2) is 23.2 Å². The van der Waals surface area contributed by atoms with Crippen LogP contribution in [0.2, 0.25) is 0 Å². The number of pyridine rings is 1. The number of nitrogens with one attached hydrogen (secondary N) is 1. The lowest BCUT2D eigenvalue weighted by atomic mass is 9.95. The van der Waals surface area contributed by atoms with Crippen LogP contribution in [0.3, 0.4) is 0 Å². The molecule has 0 aromatic carbocycles. The van der Waals surface area contributed by atoms with Crippen molar-refractivity contribution in [3.63, 3.8) is 0 Å². The smallest absolute Gasteiger partial charge is 0.0733 e. The molecule has 86 valence electrons. The Kier molecular flexibility index (Phi) is 2.96. The Morgan fingerprint density at radius 1 is 1.44 bits per heavy atom. The summed E-state index contributed by atoms with van der Waals surface area (Å²) in [5.41, 5.74) is 1.22. The van der Waals surface area contributed by atoms with Crippen LogP contribution in [0.1, 0.15) is 24.8 Å². The first-order valence-corrected chi connectivity index (χ1v) is 6.59. The second-order valence-electron chi connectivity index (χ2n) is 4.61. The molecule has 16 heavy (non-hydrogen) atoms. The zero-order valence-electron chi connectivity index (χ0n) is 9.03.